The molecular formula is C14H17ClN2O2S. The summed E-state index contributed by atoms with van der Waals surface area (Å²) >= 11 is 10.9. The minimum Gasteiger partial charge on any atom is -0.506 e. The van der Waals surface area contributed by atoms with Gasteiger partial charge in [-0.1, -0.05) is 30.9 Å². The Hall–Kier alpha value is -1.33. The minimum absolute atomic E-state index is 0.0312. The average molecular weight is 313 g/mol. The lowest BCUT2D eigenvalue weighted by Crippen LogP contribution is -2.39. The van der Waals surface area contributed by atoms with E-state index in [0.717, 1.165) is 25.7 Å². The molecule has 1 amide bonds. The topological polar surface area (TPSA) is 61.4 Å². The standard InChI is InChI=1S/C14H17ClN2O2S/c15-10-6-7-12(18)11(8-10)16-14(20)17-13(19)9-4-2-1-3-5-9/h6-9,18H,1-5H2,(H2,16,17,19,20). The summed E-state index contributed by atoms with van der Waals surface area (Å²) in [6, 6.07) is 4.60. The fourth-order valence-electron chi connectivity index (χ4n) is 2.34. The SMILES string of the molecule is O=C(NC(=S)Nc1cc(Cl)ccc1O)C1CCCCC1. The van der Waals surface area contributed by atoms with Gasteiger partial charge in [-0.05, 0) is 43.3 Å². The number of thiocarbonyl (C=S) groups is 1. The number of benzene rings is 1. The van der Waals surface area contributed by atoms with Crippen LogP contribution in [0.15, 0.2) is 18.2 Å². The number of nitrogens with one attached hydrogen (secondary N) is 2. The maximum atomic E-state index is 12.0. The number of carbonyl (C=O) groups excluding carboxylic acids is 1. The van der Waals surface area contributed by atoms with Crippen LogP contribution in [0.1, 0.15) is 32.1 Å². The Morgan fingerprint density at radius 2 is 2.00 bits per heavy atom. The minimum atomic E-state index is -0.0521. The number of hydrogen-bond donors (Lipinski definition) is 3. The lowest BCUT2D eigenvalue weighted by atomic mass is 9.89. The number of carbonyl (C=O) groups is 1. The van der Waals surface area contributed by atoms with E-state index in [1.54, 1.807) is 12.1 Å². The van der Waals surface area contributed by atoms with Gasteiger partial charge in [-0.2, -0.15) is 0 Å². The highest BCUT2D eigenvalue weighted by Gasteiger charge is 2.21. The van der Waals surface area contributed by atoms with E-state index in [1.807, 2.05) is 0 Å². The van der Waals surface area contributed by atoms with Crippen LogP contribution in [0.5, 0.6) is 5.75 Å². The predicted octanol–water partition coefficient (Wildman–Crippen LogP) is 3.44. The predicted molar refractivity (Wildman–Crippen MR) is 84.1 cm³/mol. The Morgan fingerprint density at radius 1 is 1.30 bits per heavy atom. The lowest BCUT2D eigenvalue weighted by Gasteiger charge is -2.21. The van der Waals surface area contributed by atoms with Gasteiger partial charge in [0, 0.05) is 10.9 Å². The van der Waals surface area contributed by atoms with Crippen LogP contribution in [-0.4, -0.2) is 16.1 Å². The van der Waals surface area contributed by atoms with Crippen LogP contribution in [0.3, 0.4) is 0 Å². The average Bonchev–Trinajstić information content (AvgIpc) is 2.43. The van der Waals surface area contributed by atoms with Crippen LogP contribution in [0.2, 0.25) is 5.02 Å². The van der Waals surface area contributed by atoms with Gasteiger partial charge in [0.1, 0.15) is 5.75 Å². The zero-order valence-electron chi connectivity index (χ0n) is 11.0. The van der Waals surface area contributed by atoms with Crippen molar-refractivity contribution in [3.8, 4) is 5.75 Å². The largest absolute Gasteiger partial charge is 0.506 e. The molecule has 1 aliphatic rings. The van der Waals surface area contributed by atoms with Crippen LogP contribution in [-0.2, 0) is 4.79 Å². The monoisotopic (exact) mass is 312 g/mol. The van der Waals surface area contributed by atoms with E-state index >= 15 is 0 Å². The summed E-state index contributed by atoms with van der Waals surface area (Å²) in [5.41, 5.74) is 0.381. The molecule has 0 radical (unpaired) electrons. The van der Waals surface area contributed by atoms with Crippen molar-refractivity contribution in [1.82, 2.24) is 5.32 Å². The summed E-state index contributed by atoms with van der Waals surface area (Å²) in [7, 11) is 0. The number of phenols is 1. The first-order chi connectivity index (χ1) is 9.56. The molecule has 108 valence electrons. The normalized spacial score (nSPS) is 15.7. The molecule has 1 aliphatic carbocycles. The highest BCUT2D eigenvalue weighted by Crippen LogP contribution is 2.27. The Bertz CT molecular complexity index is 516. The molecule has 0 heterocycles. The van der Waals surface area contributed by atoms with Crippen molar-refractivity contribution in [3.05, 3.63) is 23.2 Å². The van der Waals surface area contributed by atoms with Gasteiger partial charge in [0.2, 0.25) is 5.91 Å². The molecule has 0 atom stereocenters. The van der Waals surface area contributed by atoms with E-state index in [0.29, 0.717) is 10.7 Å². The Balaban J connectivity index is 1.91. The molecule has 3 N–H and O–H groups in total. The first-order valence-electron chi connectivity index (χ1n) is 6.66. The summed E-state index contributed by atoms with van der Waals surface area (Å²) in [6.07, 6.45) is 5.21. The molecule has 2 rings (SSSR count). The Kier molecular flexibility index (Phi) is 5.20. The van der Waals surface area contributed by atoms with Gasteiger partial charge in [-0.25, -0.2) is 0 Å². The molecule has 1 saturated carbocycles. The van der Waals surface area contributed by atoms with Gasteiger partial charge >= 0.3 is 0 Å². The summed E-state index contributed by atoms with van der Waals surface area (Å²) in [5.74, 6) is 0.0174. The molecular weight excluding hydrogens is 296 g/mol. The summed E-state index contributed by atoms with van der Waals surface area (Å²) < 4.78 is 0. The number of hydrogen-bond acceptors (Lipinski definition) is 3. The van der Waals surface area contributed by atoms with Gasteiger partial charge < -0.3 is 15.7 Å². The second-order valence-electron chi connectivity index (χ2n) is 4.94. The van der Waals surface area contributed by atoms with Crippen molar-refractivity contribution in [2.24, 2.45) is 5.92 Å². The van der Waals surface area contributed by atoms with Gasteiger partial charge in [-0.15, -0.1) is 0 Å². The number of rotatable bonds is 2. The molecule has 1 aromatic carbocycles. The molecule has 0 spiro atoms. The third kappa shape index (κ3) is 4.08. The molecule has 0 unspecified atom stereocenters. The Labute approximate surface area is 128 Å². The van der Waals surface area contributed by atoms with E-state index in [4.69, 9.17) is 23.8 Å². The maximum Gasteiger partial charge on any atom is 0.229 e. The van der Waals surface area contributed by atoms with Gasteiger partial charge in [0.05, 0.1) is 5.69 Å². The van der Waals surface area contributed by atoms with Crippen LogP contribution in [0.4, 0.5) is 5.69 Å². The van der Waals surface area contributed by atoms with E-state index < -0.39 is 0 Å². The van der Waals surface area contributed by atoms with E-state index in [2.05, 4.69) is 10.6 Å². The maximum absolute atomic E-state index is 12.0. The van der Waals surface area contributed by atoms with Crippen molar-refractivity contribution in [1.29, 1.82) is 0 Å². The summed E-state index contributed by atoms with van der Waals surface area (Å²) in [5, 5.41) is 15.8. The van der Waals surface area contributed by atoms with Crippen molar-refractivity contribution in [2.45, 2.75) is 32.1 Å². The second kappa shape index (κ2) is 6.90. The smallest absolute Gasteiger partial charge is 0.229 e. The number of anilines is 1. The van der Waals surface area contributed by atoms with Crippen LogP contribution >= 0.6 is 23.8 Å². The fraction of sp³-hybridized carbons (Fsp3) is 0.429. The molecule has 1 fully saturated rings. The third-order valence-corrected chi connectivity index (χ3v) is 3.86. The first kappa shape index (κ1) is 15.1. The molecule has 0 bridgehead atoms. The molecule has 0 aromatic heterocycles. The molecule has 6 heteroatoms. The number of halogens is 1. The van der Waals surface area contributed by atoms with Crippen molar-refractivity contribution < 1.29 is 9.90 Å². The molecule has 4 nitrogen and oxygen atoms in total. The van der Waals surface area contributed by atoms with Gasteiger partial charge in [0.25, 0.3) is 0 Å². The first-order valence-corrected chi connectivity index (χ1v) is 7.45. The van der Waals surface area contributed by atoms with Crippen molar-refractivity contribution in [2.75, 3.05) is 5.32 Å². The second-order valence-corrected chi connectivity index (χ2v) is 5.78. The summed E-state index contributed by atoms with van der Waals surface area (Å²) in [4.78, 5) is 12.0. The third-order valence-electron chi connectivity index (χ3n) is 3.42. The van der Waals surface area contributed by atoms with Crippen LogP contribution in [0, 0.1) is 5.92 Å². The number of amides is 1. The van der Waals surface area contributed by atoms with Crippen molar-refractivity contribution >= 4 is 40.5 Å². The molecule has 0 aliphatic heterocycles. The number of phenolic OH excluding ortho intramolecular Hbond substituents is 1. The molecule has 1 aromatic rings. The zero-order valence-corrected chi connectivity index (χ0v) is 12.6. The van der Waals surface area contributed by atoms with Crippen molar-refractivity contribution in [3.63, 3.8) is 0 Å². The van der Waals surface area contributed by atoms with Gasteiger partial charge in [0.15, 0.2) is 5.11 Å². The Morgan fingerprint density at radius 3 is 2.70 bits per heavy atom. The number of aromatic hydroxyl groups is 1. The lowest BCUT2D eigenvalue weighted by molar-refractivity contribution is -0.124. The van der Waals surface area contributed by atoms with Crippen LogP contribution < -0.4 is 10.6 Å². The van der Waals surface area contributed by atoms with Crippen LogP contribution in [0.25, 0.3) is 0 Å². The highest BCUT2D eigenvalue weighted by molar-refractivity contribution is 7.80. The van der Waals surface area contributed by atoms with E-state index in [1.165, 1.54) is 12.5 Å². The van der Waals surface area contributed by atoms with Gasteiger partial charge in [-0.3, -0.25) is 4.79 Å². The molecule has 0 saturated heterocycles. The summed E-state index contributed by atoms with van der Waals surface area (Å²) in [6.45, 7) is 0. The molecule has 20 heavy (non-hydrogen) atoms. The highest BCUT2D eigenvalue weighted by atomic mass is 35.5. The van der Waals surface area contributed by atoms with E-state index in [-0.39, 0.29) is 22.7 Å². The zero-order chi connectivity index (χ0) is 14.5. The quantitative estimate of drug-likeness (QED) is 0.578. The van der Waals surface area contributed by atoms with E-state index in [9.17, 15) is 9.90 Å². The fourth-order valence-corrected chi connectivity index (χ4v) is 2.72.